The molecule has 2 fully saturated rings. The fourth-order valence-electron chi connectivity index (χ4n) is 4.95. The molecule has 5 rings (SSSR count). The van der Waals surface area contributed by atoms with E-state index < -0.39 is 47.8 Å². The van der Waals surface area contributed by atoms with Crippen molar-refractivity contribution in [2.24, 2.45) is 5.11 Å². The quantitative estimate of drug-likeness (QED) is 0.224. The molecule has 0 saturated carbocycles. The maximum atomic E-state index is 12.6. The maximum Gasteiger partial charge on any atom is 0.410 e. The highest BCUT2D eigenvalue weighted by molar-refractivity contribution is 7.99. The Bertz CT molecular complexity index is 1330. The fraction of sp³-hybridized carbons (Fsp3) is 0.500. The van der Waals surface area contributed by atoms with Crippen LogP contribution in [0, 0.1) is 0 Å². The van der Waals surface area contributed by atoms with Crippen molar-refractivity contribution < 1.29 is 28.5 Å². The van der Waals surface area contributed by atoms with Crippen molar-refractivity contribution in [1.82, 2.24) is 9.88 Å². The molecule has 0 N–H and O–H groups in total. The van der Waals surface area contributed by atoms with Crippen LogP contribution in [0.2, 0.25) is 5.02 Å². The lowest BCUT2D eigenvalue weighted by Gasteiger charge is -2.47. The van der Waals surface area contributed by atoms with Crippen molar-refractivity contribution in [3.8, 4) is 0 Å². The Balaban J connectivity index is 1.36. The molecule has 4 unspecified atom stereocenters. The molecule has 6 atom stereocenters. The third-order valence-corrected chi connectivity index (χ3v) is 8.16. The molecule has 2 aromatic rings. The average molecular weight is 602 g/mol. The molecule has 2 saturated heterocycles. The van der Waals surface area contributed by atoms with E-state index in [0.29, 0.717) is 23.8 Å². The number of thioether (sulfide) groups is 1. The number of carbonyl (C=O) groups excluding carboxylic acids is 1. The third kappa shape index (κ3) is 6.81. The summed E-state index contributed by atoms with van der Waals surface area (Å²) in [5.41, 5.74) is 10.6. The van der Waals surface area contributed by atoms with Gasteiger partial charge in [-0.25, -0.2) is 4.79 Å². The number of aromatic nitrogens is 1. The molecule has 1 amide bonds. The second kappa shape index (κ2) is 12.6. The number of rotatable bonds is 6. The van der Waals surface area contributed by atoms with Gasteiger partial charge in [-0.1, -0.05) is 64.9 Å². The van der Waals surface area contributed by atoms with Gasteiger partial charge in [-0.15, -0.1) is 0 Å². The first kappa shape index (κ1) is 29.7. The number of benzene rings is 1. The first-order chi connectivity index (χ1) is 19.7. The van der Waals surface area contributed by atoms with Gasteiger partial charge in [-0.3, -0.25) is 4.98 Å². The number of azide groups is 1. The van der Waals surface area contributed by atoms with Crippen LogP contribution >= 0.6 is 23.4 Å². The van der Waals surface area contributed by atoms with E-state index in [1.54, 1.807) is 24.3 Å². The molecule has 3 aliphatic heterocycles. The molecule has 1 aromatic carbocycles. The molecule has 1 aromatic heterocycles. The van der Waals surface area contributed by atoms with Gasteiger partial charge < -0.3 is 28.6 Å². The standard InChI is InChI=1S/C28H32ClN5O6S/c1-28(2,3)40-27(35)34-11-10-17(14-34)21-20(12-18(29)13-31-21)41-26-24(36-4)22(32-33-30)23-19(38-26)15-37-25(39-23)16-8-6-5-7-9-16/h5-10,12-13,19,22-26H,11,14-15H2,1-4H3/t19?,22?,23-,24?,25?,26+/m0/s1. The van der Waals surface area contributed by atoms with Gasteiger partial charge in [0.15, 0.2) is 6.29 Å². The Kier molecular flexibility index (Phi) is 9.10. The monoisotopic (exact) mass is 601 g/mol. The molecule has 0 aliphatic carbocycles. The van der Waals surface area contributed by atoms with Crippen LogP contribution in [0.4, 0.5) is 4.79 Å². The van der Waals surface area contributed by atoms with Crippen molar-refractivity contribution in [1.29, 1.82) is 0 Å². The zero-order valence-electron chi connectivity index (χ0n) is 23.2. The van der Waals surface area contributed by atoms with Gasteiger partial charge in [0.2, 0.25) is 0 Å². The van der Waals surface area contributed by atoms with Crippen molar-refractivity contribution in [2.45, 2.75) is 67.3 Å². The van der Waals surface area contributed by atoms with Crippen LogP contribution in [0.25, 0.3) is 16.0 Å². The van der Waals surface area contributed by atoms with Crippen molar-refractivity contribution in [2.75, 3.05) is 26.8 Å². The van der Waals surface area contributed by atoms with Crippen LogP contribution in [0.3, 0.4) is 0 Å². The Hall–Kier alpha value is -2.83. The van der Waals surface area contributed by atoms with Crippen LogP contribution in [0.1, 0.15) is 38.3 Å². The molecule has 13 heteroatoms. The van der Waals surface area contributed by atoms with Gasteiger partial charge >= 0.3 is 6.09 Å². The number of fused-ring (bicyclic) bond motifs is 1. The van der Waals surface area contributed by atoms with Gasteiger partial charge in [0.25, 0.3) is 0 Å². The van der Waals surface area contributed by atoms with Gasteiger partial charge in [-0.2, -0.15) is 0 Å². The molecule has 218 valence electrons. The van der Waals surface area contributed by atoms with Crippen LogP contribution in [-0.4, -0.2) is 78.2 Å². The Morgan fingerprint density at radius 3 is 2.76 bits per heavy atom. The van der Waals surface area contributed by atoms with Crippen LogP contribution in [0.5, 0.6) is 0 Å². The number of ether oxygens (including phenoxy) is 5. The summed E-state index contributed by atoms with van der Waals surface area (Å²) < 4.78 is 30.1. The average Bonchev–Trinajstić information content (AvgIpc) is 3.43. The van der Waals surface area contributed by atoms with E-state index in [1.807, 2.05) is 57.2 Å². The largest absolute Gasteiger partial charge is 0.444 e. The third-order valence-electron chi connectivity index (χ3n) is 6.78. The molecule has 0 bridgehead atoms. The number of amides is 1. The van der Waals surface area contributed by atoms with E-state index in [2.05, 4.69) is 15.0 Å². The predicted molar refractivity (Wildman–Crippen MR) is 153 cm³/mol. The molecule has 0 radical (unpaired) electrons. The van der Waals surface area contributed by atoms with Gasteiger partial charge in [-0.05, 0) is 37.9 Å². The van der Waals surface area contributed by atoms with E-state index in [-0.39, 0.29) is 6.61 Å². The van der Waals surface area contributed by atoms with Crippen molar-refractivity contribution in [3.63, 3.8) is 0 Å². The number of hydrogen-bond acceptors (Lipinski definition) is 9. The maximum absolute atomic E-state index is 12.6. The van der Waals surface area contributed by atoms with E-state index in [0.717, 1.165) is 16.0 Å². The number of nitrogens with zero attached hydrogens (tertiary/aromatic N) is 5. The van der Waals surface area contributed by atoms with E-state index in [1.165, 1.54) is 11.8 Å². The normalized spacial score (nSPS) is 27.9. The number of halogens is 1. The molecule has 41 heavy (non-hydrogen) atoms. The minimum absolute atomic E-state index is 0.242. The summed E-state index contributed by atoms with van der Waals surface area (Å²) in [7, 11) is 1.55. The first-order valence-electron chi connectivity index (χ1n) is 13.2. The Morgan fingerprint density at radius 1 is 1.27 bits per heavy atom. The topological polar surface area (TPSA) is 128 Å². The predicted octanol–water partition coefficient (Wildman–Crippen LogP) is 5.99. The summed E-state index contributed by atoms with van der Waals surface area (Å²) in [5, 5.41) is 4.53. The smallest absolute Gasteiger partial charge is 0.410 e. The van der Waals surface area contributed by atoms with E-state index in [4.69, 9.17) is 35.3 Å². The van der Waals surface area contributed by atoms with Crippen molar-refractivity contribution >= 4 is 35.0 Å². The zero-order chi connectivity index (χ0) is 29.1. The lowest BCUT2D eigenvalue weighted by molar-refractivity contribution is -0.298. The highest BCUT2D eigenvalue weighted by Gasteiger charge is 2.50. The highest BCUT2D eigenvalue weighted by atomic mass is 35.5. The van der Waals surface area contributed by atoms with E-state index in [9.17, 15) is 10.3 Å². The fourth-order valence-corrected chi connectivity index (χ4v) is 6.52. The highest BCUT2D eigenvalue weighted by Crippen LogP contribution is 2.43. The minimum Gasteiger partial charge on any atom is -0.444 e. The number of pyridine rings is 1. The first-order valence-corrected chi connectivity index (χ1v) is 14.5. The van der Waals surface area contributed by atoms with Crippen LogP contribution in [0.15, 0.2) is 58.7 Å². The van der Waals surface area contributed by atoms with Gasteiger partial charge in [0.1, 0.15) is 29.3 Å². The Labute approximate surface area is 247 Å². The zero-order valence-corrected chi connectivity index (χ0v) is 24.7. The lowest BCUT2D eigenvalue weighted by atomic mass is 9.96. The van der Waals surface area contributed by atoms with Gasteiger partial charge in [0, 0.05) is 35.2 Å². The SMILES string of the molecule is COC1C(N=[N+]=[N-])[C@H]2OC(c3ccccc3)OCC2O[C@@H]1Sc1cc(Cl)cnc1C1=CCN(C(=O)OC(C)(C)C)C1. The van der Waals surface area contributed by atoms with Crippen LogP contribution < -0.4 is 0 Å². The number of hydrogen-bond donors (Lipinski definition) is 0. The van der Waals surface area contributed by atoms with Crippen molar-refractivity contribution in [3.05, 3.63) is 75.4 Å². The molecular formula is C28H32ClN5O6S. The molecular weight excluding hydrogens is 570 g/mol. The summed E-state index contributed by atoms with van der Waals surface area (Å²) in [6.45, 7) is 6.48. The molecule has 0 spiro atoms. The summed E-state index contributed by atoms with van der Waals surface area (Å²) >= 11 is 7.73. The van der Waals surface area contributed by atoms with Gasteiger partial charge in [0.05, 0.1) is 29.9 Å². The lowest BCUT2D eigenvalue weighted by Crippen LogP contribution is -2.60. The van der Waals surface area contributed by atoms with E-state index >= 15 is 0 Å². The molecule has 4 heterocycles. The number of methoxy groups -OCH3 is 1. The number of carbonyl (C=O) groups is 1. The summed E-state index contributed by atoms with van der Waals surface area (Å²) in [5.74, 6) is 0. The summed E-state index contributed by atoms with van der Waals surface area (Å²) in [6.07, 6.45) is 0.779. The molecule has 3 aliphatic rings. The molecule has 11 nitrogen and oxygen atoms in total. The van der Waals surface area contributed by atoms with Crippen LogP contribution in [-0.2, 0) is 23.7 Å². The second-order valence-electron chi connectivity index (χ2n) is 10.8. The Morgan fingerprint density at radius 2 is 2.05 bits per heavy atom. The minimum atomic E-state index is -0.680. The summed E-state index contributed by atoms with van der Waals surface area (Å²) in [4.78, 5) is 22.7. The summed E-state index contributed by atoms with van der Waals surface area (Å²) in [6, 6.07) is 10.7. The second-order valence-corrected chi connectivity index (χ2v) is 12.4.